The van der Waals surface area contributed by atoms with Crippen LogP contribution < -0.4 is 10.6 Å². The Morgan fingerprint density at radius 1 is 1.53 bits per heavy atom. The van der Waals surface area contributed by atoms with Gasteiger partial charge in [0, 0.05) is 18.8 Å². The maximum absolute atomic E-state index is 11.5. The zero-order valence-electron chi connectivity index (χ0n) is 10.1. The summed E-state index contributed by atoms with van der Waals surface area (Å²) in [6, 6.07) is 5.90. The van der Waals surface area contributed by atoms with Crippen LogP contribution in [0.25, 0.3) is 0 Å². The van der Waals surface area contributed by atoms with Gasteiger partial charge in [0.1, 0.15) is 0 Å². The molecule has 2 rings (SSSR count). The normalized spacial score (nSPS) is 16.5. The van der Waals surface area contributed by atoms with E-state index < -0.39 is 0 Å². The Morgan fingerprint density at radius 3 is 3.00 bits per heavy atom. The van der Waals surface area contributed by atoms with Gasteiger partial charge >= 0.3 is 0 Å². The Hall–Kier alpha value is -1.42. The van der Waals surface area contributed by atoms with Crippen LogP contribution >= 0.6 is 0 Å². The van der Waals surface area contributed by atoms with Gasteiger partial charge in [-0.15, -0.1) is 0 Å². The third-order valence-electron chi connectivity index (χ3n) is 2.99. The molecule has 1 unspecified atom stereocenters. The molecule has 0 bridgehead atoms. The molecule has 1 saturated carbocycles. The van der Waals surface area contributed by atoms with Crippen molar-refractivity contribution in [1.82, 2.24) is 15.6 Å². The Labute approximate surface area is 102 Å². The van der Waals surface area contributed by atoms with Gasteiger partial charge in [0.2, 0.25) is 5.91 Å². The number of amides is 1. The summed E-state index contributed by atoms with van der Waals surface area (Å²) in [6.07, 6.45) is 4.29. The quantitative estimate of drug-likeness (QED) is 0.777. The van der Waals surface area contributed by atoms with Crippen LogP contribution in [-0.4, -0.2) is 24.0 Å². The van der Waals surface area contributed by atoms with E-state index in [1.54, 1.807) is 6.20 Å². The van der Waals surface area contributed by atoms with E-state index in [1.165, 1.54) is 12.8 Å². The Bertz CT molecular complexity index is 362. The lowest BCUT2D eigenvalue weighted by Gasteiger charge is -2.12. The highest BCUT2D eigenvalue weighted by Gasteiger charge is 2.21. The molecule has 1 amide bonds. The van der Waals surface area contributed by atoms with Crippen LogP contribution in [0.3, 0.4) is 0 Å². The highest BCUT2D eigenvalue weighted by Crippen LogP contribution is 2.27. The molecule has 1 heterocycles. The highest BCUT2D eigenvalue weighted by atomic mass is 16.1. The van der Waals surface area contributed by atoms with Crippen LogP contribution in [0, 0.1) is 5.92 Å². The Kier molecular flexibility index (Phi) is 4.09. The number of nitrogens with one attached hydrogen (secondary N) is 2. The number of carbonyl (C=O) groups is 1. The molecule has 0 saturated heterocycles. The van der Waals surface area contributed by atoms with E-state index >= 15 is 0 Å². The summed E-state index contributed by atoms with van der Waals surface area (Å²) in [7, 11) is 0. The molecule has 0 radical (unpaired) electrons. The van der Waals surface area contributed by atoms with Crippen molar-refractivity contribution in [2.75, 3.05) is 13.1 Å². The molecule has 1 fully saturated rings. The summed E-state index contributed by atoms with van der Waals surface area (Å²) in [5.74, 6) is 0.798. The average molecular weight is 233 g/mol. The first-order chi connectivity index (χ1) is 8.25. The Morgan fingerprint density at radius 2 is 2.35 bits per heavy atom. The number of pyridine rings is 1. The molecule has 92 valence electrons. The van der Waals surface area contributed by atoms with E-state index in [9.17, 15) is 4.79 Å². The van der Waals surface area contributed by atoms with E-state index in [0.29, 0.717) is 6.54 Å². The molecule has 4 heteroatoms. The summed E-state index contributed by atoms with van der Waals surface area (Å²) in [4.78, 5) is 15.8. The van der Waals surface area contributed by atoms with Crippen molar-refractivity contribution in [3.8, 4) is 0 Å². The molecule has 0 spiro atoms. The molecule has 1 aromatic rings. The van der Waals surface area contributed by atoms with Crippen molar-refractivity contribution >= 4 is 5.91 Å². The van der Waals surface area contributed by atoms with Gasteiger partial charge in [-0.1, -0.05) is 6.07 Å². The summed E-state index contributed by atoms with van der Waals surface area (Å²) in [6.45, 7) is 3.19. The predicted molar refractivity (Wildman–Crippen MR) is 66.4 cm³/mol. The third-order valence-corrected chi connectivity index (χ3v) is 2.99. The van der Waals surface area contributed by atoms with Crippen LogP contribution in [0.15, 0.2) is 24.4 Å². The lowest BCUT2D eigenvalue weighted by Crippen LogP contribution is -2.36. The smallest absolute Gasteiger partial charge is 0.233 e. The average Bonchev–Trinajstić information content (AvgIpc) is 3.18. The van der Waals surface area contributed by atoms with Gasteiger partial charge in [0.05, 0.1) is 12.2 Å². The second-order valence-corrected chi connectivity index (χ2v) is 4.60. The van der Waals surface area contributed by atoms with Gasteiger partial charge in [-0.25, -0.2) is 0 Å². The van der Waals surface area contributed by atoms with Crippen molar-refractivity contribution in [3.05, 3.63) is 30.1 Å². The summed E-state index contributed by atoms with van der Waals surface area (Å²) in [5, 5.41) is 6.10. The second-order valence-electron chi connectivity index (χ2n) is 4.60. The fourth-order valence-corrected chi connectivity index (χ4v) is 1.63. The molecule has 2 N–H and O–H groups in total. The van der Waals surface area contributed by atoms with Crippen LogP contribution in [0.5, 0.6) is 0 Å². The maximum Gasteiger partial charge on any atom is 0.233 e. The molecular formula is C13H19N3O. The molecule has 0 aromatic carbocycles. The Balaban J connectivity index is 1.68. The largest absolute Gasteiger partial charge is 0.355 e. The molecule has 4 nitrogen and oxygen atoms in total. The first-order valence-corrected chi connectivity index (χ1v) is 6.16. The van der Waals surface area contributed by atoms with Crippen LogP contribution in [0.4, 0.5) is 0 Å². The van der Waals surface area contributed by atoms with E-state index in [4.69, 9.17) is 0 Å². The molecule has 1 atom stereocenters. The first kappa shape index (κ1) is 12.0. The minimum Gasteiger partial charge on any atom is -0.355 e. The van der Waals surface area contributed by atoms with Crippen molar-refractivity contribution in [2.24, 2.45) is 5.92 Å². The SMILES string of the molecule is CC(NCC(=O)NCC1CC1)c1ccccn1. The van der Waals surface area contributed by atoms with Crippen molar-refractivity contribution in [3.63, 3.8) is 0 Å². The van der Waals surface area contributed by atoms with Crippen LogP contribution in [-0.2, 0) is 4.79 Å². The fourth-order valence-electron chi connectivity index (χ4n) is 1.63. The fraction of sp³-hybridized carbons (Fsp3) is 0.538. The number of nitrogens with zero attached hydrogens (tertiary/aromatic N) is 1. The van der Waals surface area contributed by atoms with Crippen LogP contribution in [0.1, 0.15) is 31.5 Å². The second kappa shape index (κ2) is 5.77. The number of aromatic nitrogens is 1. The van der Waals surface area contributed by atoms with E-state index in [1.807, 2.05) is 25.1 Å². The van der Waals surface area contributed by atoms with E-state index in [-0.39, 0.29) is 11.9 Å². The number of carbonyl (C=O) groups excluding carboxylic acids is 1. The summed E-state index contributed by atoms with van der Waals surface area (Å²) in [5.41, 5.74) is 0.961. The summed E-state index contributed by atoms with van der Waals surface area (Å²) >= 11 is 0. The predicted octanol–water partition coefficient (Wildman–Crippen LogP) is 1.26. The van der Waals surface area contributed by atoms with Crippen LogP contribution in [0.2, 0.25) is 0 Å². The van der Waals surface area contributed by atoms with Gasteiger partial charge < -0.3 is 10.6 Å². The lowest BCUT2D eigenvalue weighted by molar-refractivity contribution is -0.120. The van der Waals surface area contributed by atoms with E-state index in [0.717, 1.165) is 18.2 Å². The zero-order valence-corrected chi connectivity index (χ0v) is 10.1. The molecule has 1 aliphatic rings. The highest BCUT2D eigenvalue weighted by molar-refractivity contribution is 5.78. The lowest BCUT2D eigenvalue weighted by atomic mass is 10.2. The number of hydrogen-bond donors (Lipinski definition) is 2. The molecule has 17 heavy (non-hydrogen) atoms. The maximum atomic E-state index is 11.5. The molecule has 0 aliphatic heterocycles. The third kappa shape index (κ3) is 4.15. The summed E-state index contributed by atoms with van der Waals surface area (Å²) < 4.78 is 0. The molecule has 1 aromatic heterocycles. The van der Waals surface area contributed by atoms with Crippen molar-refractivity contribution in [2.45, 2.75) is 25.8 Å². The molecule has 1 aliphatic carbocycles. The minimum absolute atomic E-state index is 0.0691. The van der Waals surface area contributed by atoms with Gasteiger partial charge in [-0.3, -0.25) is 9.78 Å². The monoisotopic (exact) mass is 233 g/mol. The molecular weight excluding hydrogens is 214 g/mol. The van der Waals surface area contributed by atoms with E-state index in [2.05, 4.69) is 15.6 Å². The van der Waals surface area contributed by atoms with Gasteiger partial charge in [0.15, 0.2) is 0 Å². The van der Waals surface area contributed by atoms with Gasteiger partial charge in [-0.05, 0) is 37.8 Å². The number of rotatable bonds is 6. The minimum atomic E-state index is 0.0691. The standard InChI is InChI=1S/C13H19N3O/c1-10(12-4-2-3-7-14-12)15-9-13(17)16-8-11-5-6-11/h2-4,7,10-11,15H,5-6,8-9H2,1H3,(H,16,17). The van der Waals surface area contributed by atoms with Gasteiger partial charge in [-0.2, -0.15) is 0 Å². The van der Waals surface area contributed by atoms with Crippen molar-refractivity contribution in [1.29, 1.82) is 0 Å². The van der Waals surface area contributed by atoms with Gasteiger partial charge in [0.25, 0.3) is 0 Å². The number of hydrogen-bond acceptors (Lipinski definition) is 3. The zero-order chi connectivity index (χ0) is 12.1. The topological polar surface area (TPSA) is 54.0 Å². The van der Waals surface area contributed by atoms with Crippen molar-refractivity contribution < 1.29 is 4.79 Å². The first-order valence-electron chi connectivity index (χ1n) is 6.16.